The molecule has 0 aliphatic heterocycles. The fourth-order valence-electron chi connectivity index (χ4n) is 3.50. The van der Waals surface area contributed by atoms with Crippen molar-refractivity contribution in [2.24, 2.45) is 0 Å². The number of H-pyrrole nitrogens is 1. The van der Waals surface area contributed by atoms with Crippen molar-refractivity contribution < 1.29 is 14.0 Å². The number of hydrazine groups is 1. The lowest BCUT2D eigenvalue weighted by molar-refractivity contribution is 0.0847. The van der Waals surface area contributed by atoms with E-state index in [1.807, 2.05) is 24.3 Å². The third-order valence-corrected chi connectivity index (χ3v) is 4.89. The van der Waals surface area contributed by atoms with E-state index in [1.165, 1.54) is 6.07 Å². The number of fused-ring (bicyclic) bond motifs is 1. The number of nitrogens with one attached hydrogen (secondary N) is 3. The zero-order chi connectivity index (χ0) is 20.5. The molecule has 0 aliphatic carbocycles. The van der Waals surface area contributed by atoms with Crippen molar-refractivity contribution in [1.82, 2.24) is 20.4 Å². The zero-order valence-electron chi connectivity index (χ0n) is 15.9. The molecule has 0 spiro atoms. The first kappa shape index (κ1) is 18.5. The van der Waals surface area contributed by atoms with Gasteiger partial charge in [0, 0.05) is 28.5 Å². The quantitative estimate of drug-likeness (QED) is 0.466. The van der Waals surface area contributed by atoms with Gasteiger partial charge in [0.15, 0.2) is 0 Å². The van der Waals surface area contributed by atoms with E-state index in [4.69, 9.17) is 0 Å². The predicted octanol–water partition coefficient (Wildman–Crippen LogP) is 3.79. The van der Waals surface area contributed by atoms with Gasteiger partial charge in [0.05, 0.1) is 16.8 Å². The maximum Gasteiger partial charge on any atom is 0.271 e. The van der Waals surface area contributed by atoms with Crippen molar-refractivity contribution in [2.75, 3.05) is 0 Å². The summed E-state index contributed by atoms with van der Waals surface area (Å²) in [7, 11) is 0. The van der Waals surface area contributed by atoms with Crippen molar-refractivity contribution in [3.05, 3.63) is 89.1 Å². The molecule has 0 saturated heterocycles. The molecule has 6 nitrogen and oxygen atoms in total. The molecular formula is C22H19FN4O2. The van der Waals surface area contributed by atoms with Crippen LogP contribution in [0, 0.1) is 19.7 Å². The second kappa shape index (κ2) is 7.27. The number of aromatic amines is 1. The third-order valence-electron chi connectivity index (χ3n) is 4.89. The lowest BCUT2D eigenvalue weighted by Gasteiger charge is -2.11. The van der Waals surface area contributed by atoms with Crippen LogP contribution < -0.4 is 10.9 Å². The SMILES string of the molecule is Cc1cc(C(=O)NNC(=O)c2c[nH]c3ccccc23)c(C)n1-c1ccccc1F. The summed E-state index contributed by atoms with van der Waals surface area (Å²) in [6.07, 6.45) is 1.59. The van der Waals surface area contributed by atoms with Crippen LogP contribution in [0.3, 0.4) is 0 Å². The molecule has 146 valence electrons. The molecule has 2 amide bonds. The van der Waals surface area contributed by atoms with Crippen molar-refractivity contribution in [2.45, 2.75) is 13.8 Å². The Labute approximate surface area is 166 Å². The Kier molecular flexibility index (Phi) is 4.64. The van der Waals surface area contributed by atoms with Gasteiger partial charge in [-0.25, -0.2) is 4.39 Å². The largest absolute Gasteiger partial charge is 0.360 e. The van der Waals surface area contributed by atoms with Gasteiger partial charge in [-0.1, -0.05) is 30.3 Å². The van der Waals surface area contributed by atoms with Crippen LogP contribution in [0.1, 0.15) is 32.1 Å². The van der Waals surface area contributed by atoms with E-state index < -0.39 is 11.8 Å². The van der Waals surface area contributed by atoms with E-state index >= 15 is 0 Å². The first-order valence-corrected chi connectivity index (χ1v) is 9.08. The molecule has 4 aromatic rings. The molecule has 0 bridgehead atoms. The smallest absolute Gasteiger partial charge is 0.271 e. The Balaban J connectivity index is 1.54. The van der Waals surface area contributed by atoms with Crippen LogP contribution in [0.2, 0.25) is 0 Å². The van der Waals surface area contributed by atoms with Crippen LogP contribution in [0.5, 0.6) is 0 Å². The summed E-state index contributed by atoms with van der Waals surface area (Å²) in [5, 5.41) is 0.761. The average Bonchev–Trinajstić information content (AvgIpc) is 3.27. The Morgan fingerprint density at radius 3 is 2.34 bits per heavy atom. The lowest BCUT2D eigenvalue weighted by atomic mass is 10.2. The zero-order valence-corrected chi connectivity index (χ0v) is 15.9. The van der Waals surface area contributed by atoms with Crippen LogP contribution in [-0.2, 0) is 0 Å². The molecule has 4 rings (SSSR count). The van der Waals surface area contributed by atoms with E-state index in [9.17, 15) is 14.0 Å². The van der Waals surface area contributed by atoms with Crippen molar-refractivity contribution in [3.8, 4) is 5.69 Å². The summed E-state index contributed by atoms with van der Waals surface area (Å²) in [6.45, 7) is 3.52. The molecule has 7 heteroatoms. The summed E-state index contributed by atoms with van der Waals surface area (Å²) in [5.74, 6) is -1.29. The van der Waals surface area contributed by atoms with E-state index in [-0.39, 0.29) is 5.82 Å². The number of nitrogens with zero attached hydrogens (tertiary/aromatic N) is 1. The number of hydrogen-bond acceptors (Lipinski definition) is 2. The maximum absolute atomic E-state index is 14.2. The number of para-hydroxylation sites is 2. The van der Waals surface area contributed by atoms with Crippen LogP contribution in [0.4, 0.5) is 4.39 Å². The maximum atomic E-state index is 14.2. The summed E-state index contributed by atoms with van der Waals surface area (Å²) in [6, 6.07) is 15.4. The number of hydrogen-bond donors (Lipinski definition) is 3. The minimum absolute atomic E-state index is 0.352. The van der Waals surface area contributed by atoms with Crippen molar-refractivity contribution in [3.63, 3.8) is 0 Å². The molecule has 0 fully saturated rings. The molecule has 0 radical (unpaired) electrons. The first-order chi connectivity index (χ1) is 14.0. The number of carbonyl (C=O) groups is 2. The highest BCUT2D eigenvalue weighted by molar-refractivity contribution is 6.07. The lowest BCUT2D eigenvalue weighted by Crippen LogP contribution is -2.41. The van der Waals surface area contributed by atoms with Gasteiger partial charge in [-0.15, -0.1) is 0 Å². The minimum atomic E-state index is -0.478. The molecule has 2 heterocycles. The van der Waals surface area contributed by atoms with Gasteiger partial charge in [-0.3, -0.25) is 20.4 Å². The summed E-state index contributed by atoms with van der Waals surface area (Å²) in [4.78, 5) is 28.1. The fourth-order valence-corrected chi connectivity index (χ4v) is 3.50. The molecule has 2 aromatic heterocycles. The van der Waals surface area contributed by atoms with Gasteiger partial charge in [0.25, 0.3) is 11.8 Å². The Hall–Kier alpha value is -3.87. The van der Waals surface area contributed by atoms with Gasteiger partial charge in [0.1, 0.15) is 5.82 Å². The standard InChI is InChI=1S/C22H19FN4O2/c1-13-11-16(14(2)27(13)20-10-6-4-8-18(20)23)21(28)25-26-22(29)17-12-24-19-9-5-3-7-15(17)19/h3-12,24H,1-2H3,(H,25,28)(H,26,29). The van der Waals surface area contributed by atoms with Crippen LogP contribution in [-0.4, -0.2) is 21.4 Å². The summed E-state index contributed by atoms with van der Waals surface area (Å²) >= 11 is 0. The van der Waals surface area contributed by atoms with E-state index in [1.54, 1.807) is 48.9 Å². The van der Waals surface area contributed by atoms with Gasteiger partial charge < -0.3 is 9.55 Å². The van der Waals surface area contributed by atoms with Crippen molar-refractivity contribution in [1.29, 1.82) is 0 Å². The Bertz CT molecular complexity index is 1240. The fraction of sp³-hybridized carbons (Fsp3) is 0.0909. The van der Waals surface area contributed by atoms with Crippen LogP contribution in [0.15, 0.2) is 60.8 Å². The molecule has 0 aliphatic rings. The molecule has 3 N–H and O–H groups in total. The average molecular weight is 390 g/mol. The summed E-state index contributed by atoms with van der Waals surface area (Å²) < 4.78 is 15.9. The Morgan fingerprint density at radius 1 is 0.931 bits per heavy atom. The molecule has 0 unspecified atom stereocenters. The number of aromatic nitrogens is 2. The van der Waals surface area contributed by atoms with Gasteiger partial charge in [0.2, 0.25) is 0 Å². The molecule has 2 aromatic carbocycles. The highest BCUT2D eigenvalue weighted by Crippen LogP contribution is 2.23. The molecule has 0 saturated carbocycles. The topological polar surface area (TPSA) is 78.9 Å². The van der Waals surface area contributed by atoms with E-state index in [0.29, 0.717) is 28.2 Å². The van der Waals surface area contributed by atoms with Gasteiger partial charge in [-0.05, 0) is 38.1 Å². The monoisotopic (exact) mass is 390 g/mol. The van der Waals surface area contributed by atoms with E-state index in [0.717, 1.165) is 10.9 Å². The predicted molar refractivity (Wildman–Crippen MR) is 108 cm³/mol. The highest BCUT2D eigenvalue weighted by Gasteiger charge is 2.19. The number of amides is 2. The Morgan fingerprint density at radius 2 is 1.59 bits per heavy atom. The second-order valence-electron chi connectivity index (χ2n) is 6.73. The molecule has 29 heavy (non-hydrogen) atoms. The second-order valence-corrected chi connectivity index (χ2v) is 6.73. The van der Waals surface area contributed by atoms with E-state index in [2.05, 4.69) is 15.8 Å². The van der Waals surface area contributed by atoms with Crippen molar-refractivity contribution >= 4 is 22.7 Å². The number of carbonyl (C=O) groups excluding carboxylic acids is 2. The number of benzene rings is 2. The number of rotatable bonds is 3. The van der Waals surface area contributed by atoms with Gasteiger partial charge in [-0.2, -0.15) is 0 Å². The number of aryl methyl sites for hydroxylation is 1. The normalized spacial score (nSPS) is 10.9. The minimum Gasteiger partial charge on any atom is -0.360 e. The summed E-state index contributed by atoms with van der Waals surface area (Å²) in [5.41, 5.74) is 8.14. The van der Waals surface area contributed by atoms with Crippen LogP contribution in [0.25, 0.3) is 16.6 Å². The highest BCUT2D eigenvalue weighted by atomic mass is 19.1. The van der Waals surface area contributed by atoms with Crippen LogP contribution >= 0.6 is 0 Å². The third kappa shape index (κ3) is 3.27. The first-order valence-electron chi connectivity index (χ1n) is 9.08. The number of halogens is 1. The molecular weight excluding hydrogens is 371 g/mol. The molecule has 0 atom stereocenters. The van der Waals surface area contributed by atoms with Gasteiger partial charge >= 0.3 is 0 Å².